The summed E-state index contributed by atoms with van der Waals surface area (Å²) in [4.78, 5) is 24.3. The smallest absolute Gasteiger partial charge is 0.253 e. The maximum Gasteiger partial charge on any atom is 0.253 e. The van der Waals surface area contributed by atoms with E-state index >= 15 is 0 Å². The van der Waals surface area contributed by atoms with Crippen LogP contribution in [0.2, 0.25) is 0 Å². The molecule has 2 amide bonds. The molecule has 1 fully saturated rings. The monoisotopic (exact) mass is 326 g/mol. The Hall–Kier alpha value is -1.52. The zero-order valence-electron chi connectivity index (χ0n) is 11.6. The maximum absolute atomic E-state index is 12.3. The number of carbonyl (C=O) groups is 2. The van der Waals surface area contributed by atoms with Crippen LogP contribution in [-0.4, -0.2) is 22.7 Å². The van der Waals surface area contributed by atoms with Crippen LogP contribution in [0.25, 0.3) is 0 Å². The second-order valence-electron chi connectivity index (χ2n) is 5.21. The van der Waals surface area contributed by atoms with E-state index in [1.807, 2.05) is 0 Å². The highest BCUT2D eigenvalue weighted by molar-refractivity contribution is 6.53. The third-order valence-corrected chi connectivity index (χ3v) is 4.69. The Morgan fingerprint density at radius 2 is 2.00 bits per heavy atom. The summed E-state index contributed by atoms with van der Waals surface area (Å²) in [6.45, 7) is 5.59. The standard InChI is InChI=1S/C15H16Cl2N2O2/c1-3-8-18-12(20)10-6-4-5-7-11(10)19-13(21)14(2)9-15(14,16)17/h3-7H,1,8-9H2,2H3,(H,18,20)(H,19,21). The molecule has 0 aromatic heterocycles. The lowest BCUT2D eigenvalue weighted by Crippen LogP contribution is -2.29. The Labute approximate surface area is 133 Å². The van der Waals surface area contributed by atoms with Gasteiger partial charge in [0, 0.05) is 6.54 Å². The van der Waals surface area contributed by atoms with Crippen molar-refractivity contribution < 1.29 is 9.59 Å². The van der Waals surface area contributed by atoms with E-state index in [-0.39, 0.29) is 11.8 Å². The highest BCUT2D eigenvalue weighted by atomic mass is 35.5. The first-order chi connectivity index (χ1) is 9.82. The number of alkyl halides is 2. The van der Waals surface area contributed by atoms with Crippen molar-refractivity contribution in [2.24, 2.45) is 5.41 Å². The van der Waals surface area contributed by atoms with Gasteiger partial charge in [-0.3, -0.25) is 9.59 Å². The lowest BCUT2D eigenvalue weighted by atomic mass is 10.1. The number of para-hydroxylation sites is 1. The Morgan fingerprint density at radius 1 is 1.38 bits per heavy atom. The van der Waals surface area contributed by atoms with Crippen molar-refractivity contribution in [2.75, 3.05) is 11.9 Å². The number of amides is 2. The van der Waals surface area contributed by atoms with Gasteiger partial charge in [-0.25, -0.2) is 0 Å². The summed E-state index contributed by atoms with van der Waals surface area (Å²) in [5, 5.41) is 5.40. The molecule has 4 nitrogen and oxygen atoms in total. The normalized spacial score (nSPS) is 22.2. The lowest BCUT2D eigenvalue weighted by molar-refractivity contribution is -0.120. The molecule has 0 spiro atoms. The lowest BCUT2D eigenvalue weighted by Gasteiger charge is -2.15. The number of halogens is 2. The molecule has 1 aromatic rings. The molecular formula is C15H16Cl2N2O2. The van der Waals surface area contributed by atoms with E-state index in [9.17, 15) is 9.59 Å². The van der Waals surface area contributed by atoms with Crippen molar-refractivity contribution in [3.05, 3.63) is 42.5 Å². The first-order valence-electron chi connectivity index (χ1n) is 6.49. The molecule has 21 heavy (non-hydrogen) atoms. The summed E-state index contributed by atoms with van der Waals surface area (Å²) in [5.41, 5.74) is -0.0195. The Morgan fingerprint density at radius 3 is 2.57 bits per heavy atom. The van der Waals surface area contributed by atoms with Crippen molar-refractivity contribution in [2.45, 2.75) is 17.7 Å². The van der Waals surface area contributed by atoms with Crippen molar-refractivity contribution in [3.63, 3.8) is 0 Å². The molecule has 0 heterocycles. The van der Waals surface area contributed by atoms with Crippen LogP contribution in [0.1, 0.15) is 23.7 Å². The average Bonchev–Trinajstić information content (AvgIpc) is 2.97. The number of hydrogen-bond donors (Lipinski definition) is 2. The van der Waals surface area contributed by atoms with E-state index in [4.69, 9.17) is 23.2 Å². The Bertz CT molecular complexity index is 601. The Kier molecular flexibility index (Phi) is 4.30. The van der Waals surface area contributed by atoms with E-state index in [1.165, 1.54) is 0 Å². The van der Waals surface area contributed by atoms with Crippen molar-refractivity contribution in [1.29, 1.82) is 0 Å². The van der Waals surface area contributed by atoms with Crippen LogP contribution >= 0.6 is 23.2 Å². The largest absolute Gasteiger partial charge is 0.349 e. The molecule has 1 unspecified atom stereocenters. The fourth-order valence-electron chi connectivity index (χ4n) is 1.96. The van der Waals surface area contributed by atoms with Crippen LogP contribution in [0.5, 0.6) is 0 Å². The molecule has 0 aliphatic heterocycles. The van der Waals surface area contributed by atoms with E-state index in [0.29, 0.717) is 24.2 Å². The zero-order chi connectivity index (χ0) is 15.7. The van der Waals surface area contributed by atoms with Gasteiger partial charge < -0.3 is 10.6 Å². The molecule has 1 aliphatic rings. The van der Waals surface area contributed by atoms with Crippen LogP contribution in [-0.2, 0) is 4.79 Å². The molecule has 1 atom stereocenters. The number of benzene rings is 1. The Balaban J connectivity index is 2.16. The number of anilines is 1. The predicted molar refractivity (Wildman–Crippen MR) is 84.8 cm³/mol. The number of hydrogen-bond acceptors (Lipinski definition) is 2. The summed E-state index contributed by atoms with van der Waals surface area (Å²) < 4.78 is -1.04. The summed E-state index contributed by atoms with van der Waals surface area (Å²) in [6.07, 6.45) is 1.97. The van der Waals surface area contributed by atoms with Crippen LogP contribution in [0.3, 0.4) is 0 Å². The fourth-order valence-corrected chi connectivity index (χ4v) is 2.66. The van der Waals surface area contributed by atoms with Gasteiger partial charge in [-0.2, -0.15) is 0 Å². The summed E-state index contributed by atoms with van der Waals surface area (Å²) in [5.74, 6) is -0.578. The first-order valence-corrected chi connectivity index (χ1v) is 7.25. The van der Waals surface area contributed by atoms with Crippen molar-refractivity contribution in [1.82, 2.24) is 5.32 Å². The minimum atomic E-state index is -1.04. The van der Waals surface area contributed by atoms with Gasteiger partial charge in [0.2, 0.25) is 5.91 Å². The van der Waals surface area contributed by atoms with E-state index in [0.717, 1.165) is 0 Å². The molecule has 1 aromatic carbocycles. The van der Waals surface area contributed by atoms with Gasteiger partial charge in [-0.1, -0.05) is 18.2 Å². The summed E-state index contributed by atoms with van der Waals surface area (Å²) >= 11 is 12.0. The topological polar surface area (TPSA) is 58.2 Å². The fraction of sp³-hybridized carbons (Fsp3) is 0.333. The minimum Gasteiger partial charge on any atom is -0.349 e. The van der Waals surface area contributed by atoms with Gasteiger partial charge in [0.15, 0.2) is 0 Å². The first kappa shape index (κ1) is 15.9. The second-order valence-corrected chi connectivity index (χ2v) is 6.70. The molecule has 0 saturated heterocycles. The average molecular weight is 327 g/mol. The van der Waals surface area contributed by atoms with Gasteiger partial charge in [0.1, 0.15) is 4.33 Å². The predicted octanol–water partition coefficient (Wildman–Crippen LogP) is 3.12. The molecule has 2 N–H and O–H groups in total. The summed E-state index contributed by atoms with van der Waals surface area (Å²) in [6, 6.07) is 6.77. The van der Waals surface area contributed by atoms with Gasteiger partial charge in [0.05, 0.1) is 16.7 Å². The van der Waals surface area contributed by atoms with E-state index < -0.39 is 9.75 Å². The maximum atomic E-state index is 12.3. The molecule has 1 saturated carbocycles. The van der Waals surface area contributed by atoms with Crippen LogP contribution < -0.4 is 10.6 Å². The molecule has 6 heteroatoms. The molecule has 1 aliphatic carbocycles. The van der Waals surface area contributed by atoms with Crippen LogP contribution in [0.4, 0.5) is 5.69 Å². The molecular weight excluding hydrogens is 311 g/mol. The third-order valence-electron chi connectivity index (χ3n) is 3.59. The second kappa shape index (κ2) is 5.70. The van der Waals surface area contributed by atoms with Crippen LogP contribution in [0, 0.1) is 5.41 Å². The van der Waals surface area contributed by atoms with Gasteiger partial charge in [-0.05, 0) is 25.5 Å². The quantitative estimate of drug-likeness (QED) is 0.645. The molecule has 0 bridgehead atoms. The number of carbonyl (C=O) groups excluding carboxylic acids is 2. The SMILES string of the molecule is C=CCNC(=O)c1ccccc1NC(=O)C1(C)CC1(Cl)Cl. The number of rotatable bonds is 5. The van der Waals surface area contributed by atoms with E-state index in [2.05, 4.69) is 17.2 Å². The van der Waals surface area contributed by atoms with Crippen molar-refractivity contribution in [3.8, 4) is 0 Å². The van der Waals surface area contributed by atoms with E-state index in [1.54, 1.807) is 37.3 Å². The van der Waals surface area contributed by atoms with Gasteiger partial charge in [-0.15, -0.1) is 29.8 Å². The summed E-state index contributed by atoms with van der Waals surface area (Å²) in [7, 11) is 0. The van der Waals surface area contributed by atoms with Crippen LogP contribution in [0.15, 0.2) is 36.9 Å². The van der Waals surface area contributed by atoms with Crippen molar-refractivity contribution >= 4 is 40.7 Å². The molecule has 0 radical (unpaired) electrons. The number of nitrogens with one attached hydrogen (secondary N) is 2. The third kappa shape index (κ3) is 3.06. The van der Waals surface area contributed by atoms with Gasteiger partial charge in [0.25, 0.3) is 5.91 Å². The molecule has 112 valence electrons. The molecule has 2 rings (SSSR count). The highest BCUT2D eigenvalue weighted by Gasteiger charge is 2.67. The minimum absolute atomic E-state index is 0.283. The zero-order valence-corrected chi connectivity index (χ0v) is 13.1. The highest BCUT2D eigenvalue weighted by Crippen LogP contribution is 2.64. The van der Waals surface area contributed by atoms with Gasteiger partial charge >= 0.3 is 0 Å².